The van der Waals surface area contributed by atoms with Gasteiger partial charge in [0, 0.05) is 29.7 Å². The van der Waals surface area contributed by atoms with Gasteiger partial charge in [-0.15, -0.1) is 0 Å². The van der Waals surface area contributed by atoms with Crippen LogP contribution in [0.5, 0.6) is 0 Å². The molecule has 0 atom stereocenters. The number of nitrogens with zero attached hydrogens (tertiary/aromatic N) is 2. The van der Waals surface area contributed by atoms with Gasteiger partial charge in [0.05, 0.1) is 16.5 Å². The summed E-state index contributed by atoms with van der Waals surface area (Å²) in [5.41, 5.74) is 0.778. The molecule has 0 saturated carbocycles. The first-order chi connectivity index (χ1) is 15.8. The van der Waals surface area contributed by atoms with Gasteiger partial charge in [0.15, 0.2) is 11.6 Å². The molecule has 0 aliphatic rings. The van der Waals surface area contributed by atoms with Gasteiger partial charge in [-0.25, -0.2) is 18.2 Å². The average Bonchev–Trinajstić information content (AvgIpc) is 3.08. The molecule has 2 heterocycles. The average molecular weight is 448 g/mol. The third-order valence-corrected chi connectivity index (χ3v) is 5.40. The molecular formula is C24H15F3N4O2. The second-order valence-corrected chi connectivity index (χ2v) is 7.46. The molecule has 2 N–H and O–H groups in total. The number of hydrogen-bond acceptors (Lipinski definition) is 3. The lowest BCUT2D eigenvalue weighted by Gasteiger charge is -2.10. The van der Waals surface area contributed by atoms with E-state index in [1.165, 1.54) is 28.8 Å². The number of nitrogens with one attached hydrogen (secondary N) is 2. The molecule has 2 aromatic heterocycles. The van der Waals surface area contributed by atoms with Crippen LogP contribution in [-0.2, 0) is 7.05 Å². The molecule has 0 spiro atoms. The second kappa shape index (κ2) is 7.63. The van der Waals surface area contributed by atoms with Gasteiger partial charge in [-0.2, -0.15) is 0 Å². The molecule has 1 amide bonds. The van der Waals surface area contributed by atoms with Gasteiger partial charge in [0.25, 0.3) is 11.5 Å². The quantitative estimate of drug-likeness (QED) is 0.418. The standard InChI is InChI=1S/C24H15F3N4O2/c1-31-19-9-6-12(25)10-15(19)20(22-29-18-5-3-2-4-14(18)23(32)30-22)21(31)24(33)28-13-7-8-16(26)17(27)11-13/h2-11H,1H3,(H,28,33)(H,29,30,32). The van der Waals surface area contributed by atoms with E-state index >= 15 is 0 Å². The molecule has 0 unspecified atom stereocenters. The Labute approximate surface area is 184 Å². The van der Waals surface area contributed by atoms with Gasteiger partial charge in [0.1, 0.15) is 17.3 Å². The predicted octanol–water partition coefficient (Wildman–Crippen LogP) is 4.75. The van der Waals surface area contributed by atoms with Crippen molar-refractivity contribution in [2.45, 2.75) is 0 Å². The second-order valence-electron chi connectivity index (χ2n) is 7.46. The maximum absolute atomic E-state index is 14.2. The lowest BCUT2D eigenvalue weighted by molar-refractivity contribution is 0.102. The van der Waals surface area contributed by atoms with Crippen LogP contribution in [0.2, 0.25) is 0 Å². The predicted molar refractivity (Wildman–Crippen MR) is 119 cm³/mol. The first-order valence-corrected chi connectivity index (χ1v) is 9.87. The summed E-state index contributed by atoms with van der Waals surface area (Å²) in [5.74, 6) is -3.30. The Kier molecular flexibility index (Phi) is 4.74. The van der Waals surface area contributed by atoms with Gasteiger partial charge in [-0.1, -0.05) is 12.1 Å². The molecule has 5 rings (SSSR count). The first-order valence-electron chi connectivity index (χ1n) is 9.87. The summed E-state index contributed by atoms with van der Waals surface area (Å²) in [6.07, 6.45) is 0. The topological polar surface area (TPSA) is 79.8 Å². The van der Waals surface area contributed by atoms with Crippen LogP contribution in [-0.4, -0.2) is 20.4 Å². The molecule has 0 radical (unpaired) electrons. The van der Waals surface area contributed by atoms with Crippen molar-refractivity contribution in [2.24, 2.45) is 7.05 Å². The number of rotatable bonds is 3. The molecule has 6 nitrogen and oxygen atoms in total. The maximum atomic E-state index is 14.2. The number of hydrogen-bond donors (Lipinski definition) is 2. The summed E-state index contributed by atoms with van der Waals surface area (Å²) in [5, 5.41) is 3.24. The van der Waals surface area contributed by atoms with Crippen molar-refractivity contribution < 1.29 is 18.0 Å². The molecule has 0 saturated heterocycles. The van der Waals surface area contributed by atoms with E-state index in [4.69, 9.17) is 0 Å². The lowest BCUT2D eigenvalue weighted by atomic mass is 10.1. The van der Waals surface area contributed by atoms with E-state index in [-0.39, 0.29) is 22.8 Å². The number of fused-ring (bicyclic) bond motifs is 2. The number of carbonyl (C=O) groups excluding carboxylic acids is 1. The summed E-state index contributed by atoms with van der Waals surface area (Å²) < 4.78 is 42.6. The number of aryl methyl sites for hydroxylation is 1. The number of para-hydroxylation sites is 1. The molecule has 33 heavy (non-hydrogen) atoms. The van der Waals surface area contributed by atoms with Crippen LogP contribution in [0.1, 0.15) is 10.5 Å². The van der Waals surface area contributed by atoms with Crippen molar-refractivity contribution in [3.8, 4) is 11.4 Å². The molecular weight excluding hydrogens is 433 g/mol. The Morgan fingerprint density at radius 2 is 1.76 bits per heavy atom. The molecule has 0 aliphatic heterocycles. The van der Waals surface area contributed by atoms with Crippen molar-refractivity contribution in [1.29, 1.82) is 0 Å². The third kappa shape index (κ3) is 3.43. The van der Waals surface area contributed by atoms with Crippen LogP contribution >= 0.6 is 0 Å². The van der Waals surface area contributed by atoms with E-state index in [9.17, 15) is 22.8 Å². The first kappa shape index (κ1) is 20.5. The van der Waals surface area contributed by atoms with Crippen LogP contribution in [0, 0.1) is 17.5 Å². The fraction of sp³-hybridized carbons (Fsp3) is 0.0417. The number of aromatic nitrogens is 3. The van der Waals surface area contributed by atoms with Crippen LogP contribution in [0.3, 0.4) is 0 Å². The Hall–Kier alpha value is -4.40. The highest BCUT2D eigenvalue weighted by molar-refractivity contribution is 6.14. The van der Waals surface area contributed by atoms with E-state index in [1.54, 1.807) is 31.3 Å². The zero-order valence-electron chi connectivity index (χ0n) is 17.1. The Bertz CT molecular complexity index is 1640. The third-order valence-electron chi connectivity index (χ3n) is 5.40. The summed E-state index contributed by atoms with van der Waals surface area (Å²) in [6, 6.07) is 13.6. The number of benzene rings is 3. The van der Waals surface area contributed by atoms with Gasteiger partial charge in [-0.3, -0.25) is 9.59 Å². The van der Waals surface area contributed by atoms with Gasteiger partial charge in [-0.05, 0) is 42.5 Å². The largest absolute Gasteiger partial charge is 0.339 e. The molecule has 3 aromatic carbocycles. The maximum Gasteiger partial charge on any atom is 0.273 e. The highest BCUT2D eigenvalue weighted by Crippen LogP contribution is 2.34. The van der Waals surface area contributed by atoms with Crippen molar-refractivity contribution in [3.63, 3.8) is 0 Å². The number of halogens is 3. The lowest BCUT2D eigenvalue weighted by Crippen LogP contribution is -2.18. The molecule has 0 aliphatic carbocycles. The number of aromatic amines is 1. The monoisotopic (exact) mass is 448 g/mol. The number of amides is 1. The number of anilines is 1. The minimum absolute atomic E-state index is 0.0289. The molecule has 0 bridgehead atoms. The van der Waals surface area contributed by atoms with Crippen LogP contribution < -0.4 is 10.9 Å². The van der Waals surface area contributed by atoms with E-state index in [0.717, 1.165) is 12.1 Å². The minimum atomic E-state index is -1.12. The number of H-pyrrole nitrogens is 1. The van der Waals surface area contributed by atoms with E-state index in [2.05, 4.69) is 15.3 Å². The SMILES string of the molecule is Cn1c(C(=O)Nc2ccc(F)c(F)c2)c(-c2nc3ccccc3c(=O)[nH]2)c2cc(F)ccc21. The summed E-state index contributed by atoms with van der Waals surface area (Å²) in [6.45, 7) is 0. The molecule has 164 valence electrons. The van der Waals surface area contributed by atoms with Crippen molar-refractivity contribution in [3.05, 3.63) is 94.2 Å². The fourth-order valence-electron chi connectivity index (χ4n) is 3.89. The van der Waals surface area contributed by atoms with Crippen molar-refractivity contribution in [1.82, 2.24) is 14.5 Å². The van der Waals surface area contributed by atoms with Gasteiger partial charge in [0.2, 0.25) is 0 Å². The van der Waals surface area contributed by atoms with E-state index in [1.807, 2.05) is 0 Å². The highest BCUT2D eigenvalue weighted by atomic mass is 19.2. The highest BCUT2D eigenvalue weighted by Gasteiger charge is 2.25. The van der Waals surface area contributed by atoms with Gasteiger partial charge >= 0.3 is 0 Å². The summed E-state index contributed by atoms with van der Waals surface area (Å²) in [7, 11) is 1.60. The van der Waals surface area contributed by atoms with Crippen LogP contribution in [0.25, 0.3) is 33.2 Å². The fourth-order valence-corrected chi connectivity index (χ4v) is 3.89. The Morgan fingerprint density at radius 3 is 2.55 bits per heavy atom. The molecule has 5 aromatic rings. The zero-order valence-corrected chi connectivity index (χ0v) is 17.1. The normalized spacial score (nSPS) is 11.3. The van der Waals surface area contributed by atoms with Crippen LogP contribution in [0.4, 0.5) is 18.9 Å². The summed E-state index contributed by atoms with van der Waals surface area (Å²) in [4.78, 5) is 33.1. The number of carbonyl (C=O) groups is 1. The zero-order chi connectivity index (χ0) is 23.3. The smallest absolute Gasteiger partial charge is 0.273 e. The molecule has 9 heteroatoms. The summed E-state index contributed by atoms with van der Waals surface area (Å²) >= 11 is 0. The van der Waals surface area contributed by atoms with E-state index in [0.29, 0.717) is 21.8 Å². The van der Waals surface area contributed by atoms with Crippen LogP contribution in [0.15, 0.2) is 65.5 Å². The van der Waals surface area contributed by atoms with E-state index < -0.39 is 28.9 Å². The van der Waals surface area contributed by atoms with Crippen molar-refractivity contribution >= 4 is 33.4 Å². The Morgan fingerprint density at radius 1 is 0.970 bits per heavy atom. The van der Waals surface area contributed by atoms with Crippen molar-refractivity contribution in [2.75, 3.05) is 5.32 Å². The molecule has 0 fully saturated rings. The minimum Gasteiger partial charge on any atom is -0.339 e. The Balaban J connectivity index is 1.75. The van der Waals surface area contributed by atoms with Gasteiger partial charge < -0.3 is 14.9 Å².